The SMILES string of the molecule is COC(=O)CCN(C)S(=O)(=O)NCCc1nc(C)no1. The second-order valence-corrected chi connectivity index (χ2v) is 5.89. The lowest BCUT2D eigenvalue weighted by Gasteiger charge is -2.16. The van der Waals surface area contributed by atoms with Crippen LogP contribution in [0.15, 0.2) is 4.52 Å². The standard InChI is InChI=1S/C10H18N4O5S/c1-8-12-9(19-13-8)4-6-11-20(16,17)14(2)7-5-10(15)18-3/h11H,4-7H2,1-3H3. The Kier molecular flexibility index (Phi) is 6.05. The third-order valence-corrected chi connectivity index (χ3v) is 4.03. The molecule has 0 aliphatic heterocycles. The number of aromatic nitrogens is 2. The highest BCUT2D eigenvalue weighted by Crippen LogP contribution is 1.99. The number of hydrogen-bond acceptors (Lipinski definition) is 7. The molecule has 10 heteroatoms. The lowest BCUT2D eigenvalue weighted by molar-refractivity contribution is -0.140. The molecule has 20 heavy (non-hydrogen) atoms. The molecule has 0 unspecified atom stereocenters. The summed E-state index contributed by atoms with van der Waals surface area (Å²) in [6, 6.07) is 0. The van der Waals surface area contributed by atoms with Gasteiger partial charge in [0, 0.05) is 26.6 Å². The first-order valence-electron chi connectivity index (χ1n) is 5.92. The lowest BCUT2D eigenvalue weighted by atomic mass is 10.4. The molecular weight excluding hydrogens is 288 g/mol. The predicted octanol–water partition coefficient (Wildman–Crippen LogP) is -0.750. The van der Waals surface area contributed by atoms with Crippen LogP contribution in [0.5, 0.6) is 0 Å². The predicted molar refractivity (Wildman–Crippen MR) is 68.9 cm³/mol. The average Bonchev–Trinajstić information content (AvgIpc) is 2.80. The fraction of sp³-hybridized carbons (Fsp3) is 0.700. The van der Waals surface area contributed by atoms with Crippen molar-refractivity contribution < 1.29 is 22.5 Å². The number of nitrogens with one attached hydrogen (secondary N) is 1. The van der Waals surface area contributed by atoms with Crippen LogP contribution in [0.2, 0.25) is 0 Å². The first-order valence-corrected chi connectivity index (χ1v) is 7.36. The Morgan fingerprint density at radius 3 is 2.75 bits per heavy atom. The van der Waals surface area contributed by atoms with Crippen LogP contribution in [0.1, 0.15) is 18.1 Å². The van der Waals surface area contributed by atoms with Crippen LogP contribution in [0, 0.1) is 6.92 Å². The van der Waals surface area contributed by atoms with Crippen molar-refractivity contribution in [2.45, 2.75) is 19.8 Å². The Balaban J connectivity index is 2.38. The molecule has 0 aliphatic carbocycles. The molecule has 1 aromatic rings. The summed E-state index contributed by atoms with van der Waals surface area (Å²) >= 11 is 0. The van der Waals surface area contributed by atoms with E-state index in [2.05, 4.69) is 19.6 Å². The van der Waals surface area contributed by atoms with Gasteiger partial charge in [0.2, 0.25) is 5.89 Å². The Morgan fingerprint density at radius 1 is 1.50 bits per heavy atom. The van der Waals surface area contributed by atoms with E-state index in [1.807, 2.05) is 0 Å². The van der Waals surface area contributed by atoms with Crippen molar-refractivity contribution >= 4 is 16.2 Å². The van der Waals surface area contributed by atoms with Gasteiger partial charge in [-0.1, -0.05) is 5.16 Å². The number of hydrogen-bond donors (Lipinski definition) is 1. The number of nitrogens with zero attached hydrogens (tertiary/aromatic N) is 3. The van der Waals surface area contributed by atoms with Crippen molar-refractivity contribution in [2.24, 2.45) is 0 Å². The van der Waals surface area contributed by atoms with E-state index in [0.29, 0.717) is 18.1 Å². The monoisotopic (exact) mass is 306 g/mol. The molecule has 1 N–H and O–H groups in total. The van der Waals surface area contributed by atoms with E-state index < -0.39 is 16.2 Å². The number of rotatable bonds is 8. The maximum atomic E-state index is 11.8. The summed E-state index contributed by atoms with van der Waals surface area (Å²) in [5.74, 6) is 0.397. The molecule has 0 fully saturated rings. The Hall–Kier alpha value is -1.52. The van der Waals surface area contributed by atoms with Crippen molar-refractivity contribution in [1.82, 2.24) is 19.2 Å². The third-order valence-electron chi connectivity index (χ3n) is 2.46. The van der Waals surface area contributed by atoms with Crippen LogP contribution in [0.3, 0.4) is 0 Å². The van der Waals surface area contributed by atoms with Gasteiger partial charge in [0.25, 0.3) is 10.2 Å². The maximum absolute atomic E-state index is 11.8. The zero-order valence-electron chi connectivity index (χ0n) is 11.6. The summed E-state index contributed by atoms with van der Waals surface area (Å²) in [5, 5.41) is 3.60. The zero-order chi connectivity index (χ0) is 15.2. The van der Waals surface area contributed by atoms with Gasteiger partial charge in [0.15, 0.2) is 5.82 Å². The Morgan fingerprint density at radius 2 is 2.20 bits per heavy atom. The minimum absolute atomic E-state index is 0.00321. The number of methoxy groups -OCH3 is 1. The van der Waals surface area contributed by atoms with Crippen LogP contribution < -0.4 is 4.72 Å². The van der Waals surface area contributed by atoms with Crippen LogP contribution >= 0.6 is 0 Å². The highest BCUT2D eigenvalue weighted by atomic mass is 32.2. The van der Waals surface area contributed by atoms with E-state index in [0.717, 1.165) is 4.31 Å². The normalized spacial score (nSPS) is 11.8. The van der Waals surface area contributed by atoms with Crippen LogP contribution in [-0.2, 0) is 26.2 Å². The fourth-order valence-corrected chi connectivity index (χ4v) is 2.22. The molecule has 9 nitrogen and oxygen atoms in total. The molecule has 0 spiro atoms. The van der Waals surface area contributed by atoms with E-state index in [1.165, 1.54) is 14.2 Å². The van der Waals surface area contributed by atoms with Gasteiger partial charge in [0.1, 0.15) is 0 Å². The molecule has 0 saturated carbocycles. The summed E-state index contributed by atoms with van der Waals surface area (Å²) in [6.07, 6.45) is 0.293. The largest absolute Gasteiger partial charge is 0.469 e. The summed E-state index contributed by atoms with van der Waals surface area (Å²) in [4.78, 5) is 14.9. The molecule has 0 radical (unpaired) electrons. The van der Waals surface area contributed by atoms with Crippen LogP contribution in [0.4, 0.5) is 0 Å². The van der Waals surface area contributed by atoms with E-state index in [9.17, 15) is 13.2 Å². The van der Waals surface area contributed by atoms with Crippen LogP contribution in [0.25, 0.3) is 0 Å². The fourth-order valence-electron chi connectivity index (χ4n) is 1.31. The molecule has 1 rings (SSSR count). The molecule has 114 valence electrons. The van der Waals surface area contributed by atoms with Crippen molar-refractivity contribution in [1.29, 1.82) is 0 Å². The lowest BCUT2D eigenvalue weighted by Crippen LogP contribution is -2.40. The molecule has 1 aromatic heterocycles. The second kappa shape index (κ2) is 7.31. The van der Waals surface area contributed by atoms with Crippen molar-refractivity contribution in [3.8, 4) is 0 Å². The number of carbonyl (C=O) groups is 1. The highest BCUT2D eigenvalue weighted by molar-refractivity contribution is 7.87. The summed E-state index contributed by atoms with van der Waals surface area (Å²) in [7, 11) is -1.01. The minimum atomic E-state index is -3.64. The third kappa shape index (κ3) is 5.23. The summed E-state index contributed by atoms with van der Waals surface area (Å²) in [6.45, 7) is 1.85. The van der Waals surface area contributed by atoms with E-state index in [1.54, 1.807) is 6.92 Å². The molecular formula is C10H18N4O5S. The van der Waals surface area contributed by atoms with Crippen LogP contribution in [-0.4, -0.2) is 56.1 Å². The van der Waals surface area contributed by atoms with Crippen molar-refractivity contribution in [2.75, 3.05) is 27.2 Å². The highest BCUT2D eigenvalue weighted by Gasteiger charge is 2.18. The van der Waals surface area contributed by atoms with Gasteiger partial charge < -0.3 is 9.26 Å². The first-order chi connectivity index (χ1) is 9.35. The van der Waals surface area contributed by atoms with E-state index in [-0.39, 0.29) is 19.5 Å². The molecule has 0 aliphatic rings. The van der Waals surface area contributed by atoms with Crippen molar-refractivity contribution in [3.05, 3.63) is 11.7 Å². The van der Waals surface area contributed by atoms with Gasteiger partial charge in [-0.3, -0.25) is 4.79 Å². The Labute approximate surface area is 117 Å². The molecule has 0 atom stereocenters. The van der Waals surface area contributed by atoms with Gasteiger partial charge in [-0.05, 0) is 6.92 Å². The second-order valence-electron chi connectivity index (χ2n) is 4.03. The smallest absolute Gasteiger partial charge is 0.306 e. The number of aryl methyl sites for hydroxylation is 1. The molecule has 0 saturated heterocycles. The number of ether oxygens (including phenoxy) is 1. The Bertz CT molecular complexity index is 542. The van der Waals surface area contributed by atoms with Gasteiger partial charge in [0.05, 0.1) is 13.5 Å². The maximum Gasteiger partial charge on any atom is 0.306 e. The van der Waals surface area contributed by atoms with E-state index >= 15 is 0 Å². The van der Waals surface area contributed by atoms with Gasteiger partial charge in [-0.15, -0.1) is 0 Å². The molecule has 0 amide bonds. The number of esters is 1. The molecule has 1 heterocycles. The number of carbonyl (C=O) groups excluding carboxylic acids is 1. The molecule has 0 bridgehead atoms. The topological polar surface area (TPSA) is 115 Å². The summed E-state index contributed by atoms with van der Waals surface area (Å²) < 4.78 is 36.4. The minimum Gasteiger partial charge on any atom is -0.469 e. The van der Waals surface area contributed by atoms with Crippen molar-refractivity contribution in [3.63, 3.8) is 0 Å². The molecule has 0 aromatic carbocycles. The summed E-state index contributed by atoms with van der Waals surface area (Å²) in [5.41, 5.74) is 0. The zero-order valence-corrected chi connectivity index (χ0v) is 12.4. The first kappa shape index (κ1) is 16.5. The van der Waals surface area contributed by atoms with Gasteiger partial charge in [-0.2, -0.15) is 17.7 Å². The van der Waals surface area contributed by atoms with E-state index in [4.69, 9.17) is 4.52 Å². The van der Waals surface area contributed by atoms with Gasteiger partial charge >= 0.3 is 5.97 Å². The van der Waals surface area contributed by atoms with Gasteiger partial charge in [-0.25, -0.2) is 4.72 Å². The average molecular weight is 306 g/mol. The quantitative estimate of drug-likeness (QED) is 0.628.